The molecule has 35 heavy (non-hydrogen) atoms. The number of aromatic nitrogens is 1. The average molecular weight is 524 g/mol. The first kappa shape index (κ1) is 26.1. The van der Waals surface area contributed by atoms with Crippen LogP contribution in [-0.2, 0) is 25.7 Å². The van der Waals surface area contributed by atoms with Crippen LogP contribution in [0.5, 0.6) is 5.75 Å². The second-order valence-electron chi connectivity index (χ2n) is 6.95. The van der Waals surface area contributed by atoms with Crippen LogP contribution >= 0.6 is 7.82 Å². The van der Waals surface area contributed by atoms with Gasteiger partial charge in [0, 0.05) is 11.3 Å². The molecule has 0 unspecified atom stereocenters. The van der Waals surface area contributed by atoms with Crippen LogP contribution < -0.4 is 4.72 Å². The molecule has 0 fully saturated rings. The third-order valence-electron chi connectivity index (χ3n) is 4.47. The lowest BCUT2D eigenvalue weighted by molar-refractivity contribution is 0.111. The fourth-order valence-electron chi connectivity index (χ4n) is 2.77. The monoisotopic (exact) mass is 524 g/mol. The SMILES string of the molecule is Cc1nc(N=Nc2ccc(S(=O)(=O)Nc3ccc(F)cc3)cc2)c(COP(=O)(O)O)c(C=O)c1O. The molecule has 0 aliphatic heterocycles. The number of rotatable bonds is 9. The van der Waals surface area contributed by atoms with Gasteiger partial charge < -0.3 is 14.9 Å². The van der Waals surface area contributed by atoms with Crippen LogP contribution in [0.4, 0.5) is 21.6 Å². The lowest BCUT2D eigenvalue weighted by Gasteiger charge is -2.12. The number of hydrogen-bond donors (Lipinski definition) is 4. The maximum atomic E-state index is 13.0. The van der Waals surface area contributed by atoms with E-state index in [4.69, 9.17) is 9.79 Å². The Bertz CT molecular complexity index is 1420. The Morgan fingerprint density at radius 2 is 1.74 bits per heavy atom. The Morgan fingerprint density at radius 3 is 2.31 bits per heavy atom. The Kier molecular flexibility index (Phi) is 7.73. The van der Waals surface area contributed by atoms with Gasteiger partial charge in [-0.1, -0.05) is 0 Å². The molecule has 3 aromatic rings. The summed E-state index contributed by atoms with van der Waals surface area (Å²) in [4.78, 5) is 33.2. The second kappa shape index (κ2) is 10.4. The van der Waals surface area contributed by atoms with Crippen LogP contribution in [0.2, 0.25) is 0 Å². The number of hydrogen-bond acceptors (Lipinski definition) is 9. The summed E-state index contributed by atoms with van der Waals surface area (Å²) >= 11 is 0. The number of pyridine rings is 1. The van der Waals surface area contributed by atoms with Gasteiger partial charge in [-0.25, -0.2) is 22.4 Å². The zero-order valence-electron chi connectivity index (χ0n) is 17.9. The highest BCUT2D eigenvalue weighted by atomic mass is 32.2. The first-order chi connectivity index (χ1) is 16.4. The molecular weight excluding hydrogens is 506 g/mol. The number of anilines is 1. The summed E-state index contributed by atoms with van der Waals surface area (Å²) in [5.74, 6) is -1.27. The van der Waals surface area contributed by atoms with Gasteiger partial charge in [-0.2, -0.15) is 0 Å². The van der Waals surface area contributed by atoms with Crippen LogP contribution in [0.25, 0.3) is 0 Å². The van der Waals surface area contributed by atoms with Gasteiger partial charge in [-0.3, -0.25) is 14.0 Å². The minimum atomic E-state index is -4.91. The number of aldehydes is 1. The summed E-state index contributed by atoms with van der Waals surface area (Å²) in [5, 5.41) is 17.8. The molecule has 2 aromatic carbocycles. The number of halogens is 1. The number of phosphoric ester groups is 1. The van der Waals surface area contributed by atoms with Gasteiger partial charge in [0.25, 0.3) is 10.0 Å². The van der Waals surface area contributed by atoms with E-state index in [1.54, 1.807) is 0 Å². The molecule has 0 aliphatic carbocycles. The van der Waals surface area contributed by atoms with E-state index in [1.165, 1.54) is 43.3 Å². The van der Waals surface area contributed by atoms with E-state index in [9.17, 15) is 27.3 Å². The number of azo groups is 1. The number of nitrogens with one attached hydrogen (secondary N) is 1. The number of carbonyl (C=O) groups is 1. The van der Waals surface area contributed by atoms with Crippen molar-refractivity contribution in [2.24, 2.45) is 10.2 Å². The number of phosphoric acid groups is 1. The summed E-state index contributed by atoms with van der Waals surface area (Å²) in [6.07, 6.45) is 0.259. The van der Waals surface area contributed by atoms with Gasteiger partial charge in [-0.05, 0) is 55.5 Å². The normalized spacial score (nSPS) is 12.1. The van der Waals surface area contributed by atoms with E-state index in [1.807, 2.05) is 0 Å². The highest BCUT2D eigenvalue weighted by molar-refractivity contribution is 7.92. The quantitative estimate of drug-likeness (QED) is 0.183. The minimum absolute atomic E-state index is 0.00860. The topological polar surface area (TPSA) is 188 Å². The van der Waals surface area contributed by atoms with Crippen molar-refractivity contribution >= 4 is 41.3 Å². The van der Waals surface area contributed by atoms with Gasteiger partial charge in [0.15, 0.2) is 12.1 Å². The van der Waals surface area contributed by atoms with Crippen molar-refractivity contribution in [2.45, 2.75) is 18.4 Å². The number of nitrogens with zero attached hydrogens (tertiary/aromatic N) is 3. The van der Waals surface area contributed by atoms with Gasteiger partial charge in [-0.15, -0.1) is 10.2 Å². The summed E-state index contributed by atoms with van der Waals surface area (Å²) in [7, 11) is -8.89. The van der Waals surface area contributed by atoms with Crippen molar-refractivity contribution in [1.82, 2.24) is 4.98 Å². The van der Waals surface area contributed by atoms with E-state index < -0.39 is 36.0 Å². The summed E-state index contributed by atoms with van der Waals surface area (Å²) in [6.45, 7) is 0.586. The molecule has 1 heterocycles. The maximum Gasteiger partial charge on any atom is 0.469 e. The molecule has 3 rings (SSSR count). The van der Waals surface area contributed by atoms with Crippen LogP contribution in [0, 0.1) is 12.7 Å². The molecule has 0 spiro atoms. The highest BCUT2D eigenvalue weighted by Gasteiger charge is 2.22. The number of aryl methyl sites for hydroxylation is 1. The molecule has 0 aliphatic rings. The van der Waals surface area contributed by atoms with Crippen molar-refractivity contribution in [3.05, 3.63) is 71.2 Å². The zero-order chi connectivity index (χ0) is 25.8. The fourth-order valence-corrected chi connectivity index (χ4v) is 4.12. The molecule has 0 atom stereocenters. The van der Waals surface area contributed by atoms with E-state index >= 15 is 0 Å². The molecule has 12 nitrogen and oxygen atoms in total. The minimum Gasteiger partial charge on any atom is -0.505 e. The van der Waals surface area contributed by atoms with Gasteiger partial charge in [0.1, 0.15) is 11.6 Å². The number of carbonyl (C=O) groups excluding carboxylic acids is 1. The number of benzene rings is 2. The van der Waals surface area contributed by atoms with Crippen molar-refractivity contribution < 1.29 is 41.6 Å². The van der Waals surface area contributed by atoms with E-state index in [2.05, 4.69) is 24.5 Å². The average Bonchev–Trinajstić information content (AvgIpc) is 2.79. The third kappa shape index (κ3) is 6.74. The van der Waals surface area contributed by atoms with E-state index in [0.717, 1.165) is 12.1 Å². The lowest BCUT2D eigenvalue weighted by Crippen LogP contribution is -2.12. The Hall–Kier alpha value is -3.55. The summed E-state index contributed by atoms with van der Waals surface area (Å²) in [5.41, 5.74) is -0.187. The van der Waals surface area contributed by atoms with Crippen molar-refractivity contribution in [1.29, 1.82) is 0 Å². The van der Waals surface area contributed by atoms with Crippen LogP contribution in [0.1, 0.15) is 21.6 Å². The van der Waals surface area contributed by atoms with Crippen molar-refractivity contribution in [2.75, 3.05) is 4.72 Å². The second-order valence-corrected chi connectivity index (χ2v) is 9.87. The molecule has 0 saturated heterocycles. The predicted molar refractivity (Wildman–Crippen MR) is 121 cm³/mol. The smallest absolute Gasteiger partial charge is 0.469 e. The molecule has 0 saturated carbocycles. The Balaban J connectivity index is 1.87. The van der Waals surface area contributed by atoms with Crippen molar-refractivity contribution in [3.63, 3.8) is 0 Å². The molecule has 1 aromatic heterocycles. The highest BCUT2D eigenvalue weighted by Crippen LogP contribution is 2.40. The predicted octanol–water partition coefficient (Wildman–Crippen LogP) is 3.87. The first-order valence-electron chi connectivity index (χ1n) is 9.57. The molecule has 0 radical (unpaired) electrons. The van der Waals surface area contributed by atoms with Crippen LogP contribution in [-0.4, -0.2) is 34.6 Å². The van der Waals surface area contributed by atoms with Crippen LogP contribution in [0.3, 0.4) is 0 Å². The zero-order valence-corrected chi connectivity index (χ0v) is 19.6. The fraction of sp³-hybridized carbons (Fsp3) is 0.100. The standard InChI is InChI=1S/C20H18FN4O8PS/c1-12-19(27)17(10-26)18(11-33-34(28,29)30)20(22-12)24-23-14-6-8-16(9-7-14)35(31,32)25-15-4-2-13(21)3-5-15/h2-10,25,27H,11H2,1H3,(H2,28,29,30). The molecule has 0 amide bonds. The number of sulfonamides is 1. The summed E-state index contributed by atoms with van der Waals surface area (Å²) in [6, 6.07) is 9.87. The third-order valence-corrected chi connectivity index (χ3v) is 6.33. The largest absolute Gasteiger partial charge is 0.505 e. The van der Waals surface area contributed by atoms with E-state index in [-0.39, 0.29) is 45.2 Å². The van der Waals surface area contributed by atoms with Crippen molar-refractivity contribution in [3.8, 4) is 5.75 Å². The lowest BCUT2D eigenvalue weighted by atomic mass is 10.1. The molecule has 15 heteroatoms. The number of aromatic hydroxyl groups is 1. The van der Waals surface area contributed by atoms with E-state index in [0.29, 0.717) is 0 Å². The maximum absolute atomic E-state index is 13.0. The van der Waals surface area contributed by atoms with Gasteiger partial charge in [0.2, 0.25) is 0 Å². The molecule has 184 valence electrons. The van der Waals surface area contributed by atoms with Crippen LogP contribution in [0.15, 0.2) is 63.7 Å². The van der Waals surface area contributed by atoms with Gasteiger partial charge in [0.05, 0.1) is 28.4 Å². The Morgan fingerprint density at radius 1 is 1.11 bits per heavy atom. The molecule has 4 N–H and O–H groups in total. The Labute approximate surface area is 198 Å². The van der Waals surface area contributed by atoms with Gasteiger partial charge >= 0.3 is 7.82 Å². The molecule has 0 bridgehead atoms. The first-order valence-corrected chi connectivity index (χ1v) is 12.6. The molecular formula is C20H18FN4O8PS. The summed E-state index contributed by atoms with van der Waals surface area (Å²) < 4.78 is 55.8.